The van der Waals surface area contributed by atoms with Crippen molar-refractivity contribution in [1.29, 1.82) is 0 Å². The Morgan fingerprint density at radius 2 is 2.00 bits per heavy atom. The fraction of sp³-hybridized carbons (Fsp3) is 0.417. The van der Waals surface area contributed by atoms with Gasteiger partial charge in [0.2, 0.25) is 0 Å². The molecule has 1 aromatic rings. The molecule has 5 nitrogen and oxygen atoms in total. The molecule has 0 heterocycles. The molecule has 0 bridgehead atoms. The summed E-state index contributed by atoms with van der Waals surface area (Å²) in [6.45, 7) is 1.44. The highest BCUT2D eigenvalue weighted by atomic mass is 32.2. The third-order valence-corrected chi connectivity index (χ3v) is 4.56. The van der Waals surface area contributed by atoms with Gasteiger partial charge < -0.3 is 9.84 Å². The third kappa shape index (κ3) is 3.54. The molecule has 0 aliphatic heterocycles. The van der Waals surface area contributed by atoms with Crippen LogP contribution in [-0.4, -0.2) is 38.5 Å². The summed E-state index contributed by atoms with van der Waals surface area (Å²) in [4.78, 5) is 11.0. The molecule has 0 amide bonds. The van der Waals surface area contributed by atoms with Gasteiger partial charge in [0.15, 0.2) is 15.1 Å². The van der Waals surface area contributed by atoms with Gasteiger partial charge in [-0.2, -0.15) is 0 Å². The van der Waals surface area contributed by atoms with Crippen molar-refractivity contribution < 1.29 is 23.1 Å². The molecule has 0 radical (unpaired) electrons. The fourth-order valence-electron chi connectivity index (χ4n) is 1.57. The zero-order chi connectivity index (χ0) is 13.8. The number of carbonyl (C=O) groups is 1. The van der Waals surface area contributed by atoms with Crippen molar-refractivity contribution >= 4 is 15.8 Å². The molecule has 0 saturated heterocycles. The first-order valence-corrected chi connectivity index (χ1v) is 7.08. The Labute approximate surface area is 106 Å². The number of rotatable bonds is 6. The molecule has 0 fully saturated rings. The largest absolute Gasteiger partial charge is 0.480 e. The van der Waals surface area contributed by atoms with Gasteiger partial charge in [-0.3, -0.25) is 4.79 Å². The van der Waals surface area contributed by atoms with Crippen molar-refractivity contribution in [2.24, 2.45) is 0 Å². The van der Waals surface area contributed by atoms with Gasteiger partial charge in [0.1, 0.15) is 0 Å². The van der Waals surface area contributed by atoms with Crippen molar-refractivity contribution in [3.05, 3.63) is 35.4 Å². The Bertz CT molecular complexity index is 521. The molecule has 1 rings (SSSR count). The fourth-order valence-corrected chi connectivity index (χ4v) is 3.18. The van der Waals surface area contributed by atoms with E-state index < -0.39 is 21.1 Å². The number of ether oxygens (including phenoxy) is 1. The molecule has 0 saturated carbocycles. The smallest absolute Gasteiger partial charge is 0.324 e. The van der Waals surface area contributed by atoms with Crippen LogP contribution in [0.2, 0.25) is 0 Å². The Balaban J connectivity index is 3.00. The summed E-state index contributed by atoms with van der Waals surface area (Å²) in [5, 5.41) is 7.40. The SMILES string of the molecule is COCC(C(=O)O)S(=O)(=O)Cc1ccccc1C. The second-order valence-electron chi connectivity index (χ2n) is 4.02. The van der Waals surface area contributed by atoms with E-state index in [1.807, 2.05) is 0 Å². The number of hydrogen-bond donors (Lipinski definition) is 1. The summed E-state index contributed by atoms with van der Waals surface area (Å²) in [6.07, 6.45) is 0. The average molecular weight is 272 g/mol. The molecule has 1 N–H and O–H groups in total. The van der Waals surface area contributed by atoms with Crippen molar-refractivity contribution in [1.82, 2.24) is 0 Å². The summed E-state index contributed by atoms with van der Waals surface area (Å²) >= 11 is 0. The number of aryl methyl sites for hydroxylation is 1. The molecular weight excluding hydrogens is 256 g/mol. The topological polar surface area (TPSA) is 80.7 Å². The van der Waals surface area contributed by atoms with E-state index in [0.29, 0.717) is 5.56 Å². The molecule has 6 heteroatoms. The zero-order valence-corrected chi connectivity index (χ0v) is 11.1. The van der Waals surface area contributed by atoms with Gasteiger partial charge in [-0.15, -0.1) is 0 Å². The predicted molar refractivity (Wildman–Crippen MR) is 67.1 cm³/mol. The normalized spacial score (nSPS) is 13.2. The van der Waals surface area contributed by atoms with Crippen molar-refractivity contribution in [3.8, 4) is 0 Å². The Morgan fingerprint density at radius 3 is 2.50 bits per heavy atom. The van der Waals surface area contributed by atoms with Gasteiger partial charge >= 0.3 is 5.97 Å². The lowest BCUT2D eigenvalue weighted by Crippen LogP contribution is -2.35. The van der Waals surface area contributed by atoms with Crippen LogP contribution in [0.5, 0.6) is 0 Å². The predicted octanol–water partition coefficient (Wildman–Crippen LogP) is 1.01. The van der Waals surface area contributed by atoms with Gasteiger partial charge in [0, 0.05) is 7.11 Å². The highest BCUT2D eigenvalue weighted by Gasteiger charge is 2.32. The maximum absolute atomic E-state index is 12.0. The average Bonchev–Trinajstić information content (AvgIpc) is 2.28. The van der Waals surface area contributed by atoms with E-state index in [2.05, 4.69) is 4.74 Å². The number of sulfone groups is 1. The number of carboxylic acid groups (broad SMARTS) is 1. The summed E-state index contributed by atoms with van der Waals surface area (Å²) in [6, 6.07) is 6.99. The second-order valence-corrected chi connectivity index (χ2v) is 6.20. The number of benzene rings is 1. The van der Waals surface area contributed by atoms with Crippen LogP contribution >= 0.6 is 0 Å². The first-order chi connectivity index (χ1) is 8.38. The van der Waals surface area contributed by atoms with Crippen LogP contribution in [0, 0.1) is 6.92 Å². The van der Waals surface area contributed by atoms with Crippen LogP contribution in [0.3, 0.4) is 0 Å². The highest BCUT2D eigenvalue weighted by Crippen LogP contribution is 2.15. The standard InChI is InChI=1S/C12H16O5S/c1-9-5-3-4-6-10(9)8-18(15,16)11(7-17-2)12(13)14/h3-6,11H,7-8H2,1-2H3,(H,13,14). The van der Waals surface area contributed by atoms with Gasteiger partial charge in [-0.05, 0) is 18.1 Å². The van der Waals surface area contributed by atoms with Crippen LogP contribution in [0.4, 0.5) is 0 Å². The summed E-state index contributed by atoms with van der Waals surface area (Å²) in [5.74, 6) is -1.68. The summed E-state index contributed by atoms with van der Waals surface area (Å²) in [7, 11) is -2.51. The third-order valence-electron chi connectivity index (χ3n) is 2.64. The van der Waals surface area contributed by atoms with Crippen LogP contribution in [0.15, 0.2) is 24.3 Å². The van der Waals surface area contributed by atoms with E-state index in [4.69, 9.17) is 5.11 Å². The first kappa shape index (κ1) is 14.7. The van der Waals surface area contributed by atoms with Crippen LogP contribution < -0.4 is 0 Å². The van der Waals surface area contributed by atoms with E-state index in [-0.39, 0.29) is 12.4 Å². The molecule has 100 valence electrons. The molecule has 0 aliphatic rings. The van der Waals surface area contributed by atoms with Crippen LogP contribution in [0.1, 0.15) is 11.1 Å². The summed E-state index contributed by atoms with van der Waals surface area (Å²) in [5.41, 5.74) is 1.43. The van der Waals surface area contributed by atoms with Crippen molar-refractivity contribution in [3.63, 3.8) is 0 Å². The van der Waals surface area contributed by atoms with Crippen LogP contribution in [0.25, 0.3) is 0 Å². The second kappa shape index (κ2) is 5.97. The van der Waals surface area contributed by atoms with E-state index in [0.717, 1.165) is 5.56 Å². The molecule has 1 aromatic carbocycles. The molecule has 1 unspecified atom stereocenters. The lowest BCUT2D eigenvalue weighted by atomic mass is 10.1. The maximum Gasteiger partial charge on any atom is 0.324 e. The molecule has 1 atom stereocenters. The minimum atomic E-state index is -3.78. The summed E-state index contributed by atoms with van der Waals surface area (Å²) < 4.78 is 28.7. The van der Waals surface area contributed by atoms with E-state index in [1.165, 1.54) is 7.11 Å². The quantitative estimate of drug-likeness (QED) is 0.836. The molecule has 0 aliphatic carbocycles. The minimum Gasteiger partial charge on any atom is -0.480 e. The Kier molecular flexibility index (Phi) is 4.86. The van der Waals surface area contributed by atoms with Crippen molar-refractivity contribution in [2.45, 2.75) is 17.9 Å². The zero-order valence-electron chi connectivity index (χ0n) is 10.3. The molecule has 0 spiro atoms. The molecule has 0 aromatic heterocycles. The number of hydrogen-bond acceptors (Lipinski definition) is 4. The first-order valence-electron chi connectivity index (χ1n) is 5.36. The lowest BCUT2D eigenvalue weighted by molar-refractivity contribution is -0.137. The highest BCUT2D eigenvalue weighted by molar-refractivity contribution is 7.92. The monoisotopic (exact) mass is 272 g/mol. The Morgan fingerprint density at radius 1 is 1.39 bits per heavy atom. The van der Waals surface area contributed by atoms with E-state index in [9.17, 15) is 13.2 Å². The van der Waals surface area contributed by atoms with Crippen LogP contribution in [-0.2, 0) is 25.1 Å². The molecule has 18 heavy (non-hydrogen) atoms. The van der Waals surface area contributed by atoms with Crippen molar-refractivity contribution in [2.75, 3.05) is 13.7 Å². The van der Waals surface area contributed by atoms with Gasteiger partial charge in [0.05, 0.1) is 12.4 Å². The lowest BCUT2D eigenvalue weighted by Gasteiger charge is -2.13. The number of methoxy groups -OCH3 is 1. The minimum absolute atomic E-state index is 0.292. The van der Waals surface area contributed by atoms with Gasteiger partial charge in [-0.1, -0.05) is 24.3 Å². The van der Waals surface area contributed by atoms with E-state index >= 15 is 0 Å². The van der Waals surface area contributed by atoms with E-state index in [1.54, 1.807) is 31.2 Å². The number of carboxylic acids is 1. The molecular formula is C12H16O5S. The van der Waals surface area contributed by atoms with Gasteiger partial charge in [-0.25, -0.2) is 8.42 Å². The number of aliphatic carboxylic acids is 1. The Hall–Kier alpha value is -1.40. The maximum atomic E-state index is 12.0. The van der Waals surface area contributed by atoms with Gasteiger partial charge in [0.25, 0.3) is 0 Å².